The van der Waals surface area contributed by atoms with Crippen molar-refractivity contribution in [2.45, 2.75) is 6.54 Å². The third-order valence-corrected chi connectivity index (χ3v) is 4.16. The Morgan fingerprint density at radius 3 is 2.95 bits per heavy atom. The standard InChI is InChI=1S/C17H12N2O2S/c18-9-12(17(20)19-10-14-4-3-7-21-14)8-13-11-22-16-6-2-1-5-15(13)16/h1-8,11H,10H2,(H,19,20)/b12-8+. The number of nitrogens with zero attached hydrogens (tertiary/aromatic N) is 1. The van der Waals surface area contributed by atoms with E-state index >= 15 is 0 Å². The third-order valence-electron chi connectivity index (χ3n) is 3.18. The van der Waals surface area contributed by atoms with Crippen molar-refractivity contribution in [1.82, 2.24) is 5.32 Å². The minimum Gasteiger partial charge on any atom is -0.467 e. The Labute approximate surface area is 131 Å². The molecule has 3 aromatic rings. The molecule has 0 atom stereocenters. The summed E-state index contributed by atoms with van der Waals surface area (Å²) in [5.41, 5.74) is 0.959. The van der Waals surface area contributed by atoms with Gasteiger partial charge in [0, 0.05) is 4.70 Å². The van der Waals surface area contributed by atoms with Crippen LogP contribution in [0.3, 0.4) is 0 Å². The van der Waals surface area contributed by atoms with Crippen LogP contribution in [0.15, 0.2) is 58.0 Å². The first-order valence-electron chi connectivity index (χ1n) is 6.66. The van der Waals surface area contributed by atoms with Gasteiger partial charge in [0.25, 0.3) is 5.91 Å². The maximum Gasteiger partial charge on any atom is 0.262 e. The van der Waals surface area contributed by atoms with E-state index in [0.29, 0.717) is 5.76 Å². The highest BCUT2D eigenvalue weighted by Gasteiger charge is 2.11. The summed E-state index contributed by atoms with van der Waals surface area (Å²) in [6, 6.07) is 13.4. The molecule has 3 rings (SSSR count). The molecule has 2 heterocycles. The Hall–Kier alpha value is -2.84. The normalized spacial score (nSPS) is 11.3. The van der Waals surface area contributed by atoms with Crippen LogP contribution in [-0.4, -0.2) is 5.91 Å². The molecular weight excluding hydrogens is 296 g/mol. The van der Waals surface area contributed by atoms with Gasteiger partial charge in [-0.2, -0.15) is 5.26 Å². The lowest BCUT2D eigenvalue weighted by Gasteiger charge is -2.01. The second-order valence-electron chi connectivity index (χ2n) is 4.62. The first-order valence-corrected chi connectivity index (χ1v) is 7.54. The summed E-state index contributed by atoms with van der Waals surface area (Å²) in [6.45, 7) is 0.259. The predicted octanol–water partition coefficient (Wildman–Crippen LogP) is 3.72. The number of benzene rings is 1. The Kier molecular flexibility index (Phi) is 4.03. The van der Waals surface area contributed by atoms with E-state index in [1.807, 2.05) is 35.7 Å². The fourth-order valence-electron chi connectivity index (χ4n) is 2.09. The number of hydrogen-bond donors (Lipinski definition) is 1. The molecule has 1 aromatic carbocycles. The molecule has 0 fully saturated rings. The van der Waals surface area contributed by atoms with Crippen LogP contribution in [0.25, 0.3) is 16.2 Å². The van der Waals surface area contributed by atoms with Gasteiger partial charge < -0.3 is 9.73 Å². The van der Waals surface area contributed by atoms with E-state index in [9.17, 15) is 10.1 Å². The number of nitrogens with one attached hydrogen (secondary N) is 1. The SMILES string of the molecule is N#C/C(=C\c1csc2ccccc12)C(=O)NCc1ccco1. The summed E-state index contributed by atoms with van der Waals surface area (Å²) in [5.74, 6) is 0.237. The molecule has 0 bridgehead atoms. The summed E-state index contributed by atoms with van der Waals surface area (Å²) in [5, 5.41) is 14.9. The van der Waals surface area contributed by atoms with Crippen LogP contribution in [0.5, 0.6) is 0 Å². The zero-order chi connectivity index (χ0) is 15.4. The van der Waals surface area contributed by atoms with E-state index in [2.05, 4.69) is 5.32 Å². The van der Waals surface area contributed by atoms with Gasteiger partial charge >= 0.3 is 0 Å². The number of nitriles is 1. The topological polar surface area (TPSA) is 66.0 Å². The third kappa shape index (κ3) is 2.92. The average molecular weight is 308 g/mol. The summed E-state index contributed by atoms with van der Waals surface area (Å²) < 4.78 is 6.27. The minimum absolute atomic E-state index is 0.0788. The largest absolute Gasteiger partial charge is 0.467 e. The maximum atomic E-state index is 12.1. The van der Waals surface area contributed by atoms with Crippen molar-refractivity contribution >= 4 is 33.4 Å². The van der Waals surface area contributed by atoms with Crippen molar-refractivity contribution in [2.24, 2.45) is 0 Å². The Morgan fingerprint density at radius 1 is 1.32 bits per heavy atom. The van der Waals surface area contributed by atoms with Gasteiger partial charge in [0.2, 0.25) is 0 Å². The predicted molar refractivity (Wildman–Crippen MR) is 86.0 cm³/mol. The second kappa shape index (κ2) is 6.29. The monoisotopic (exact) mass is 308 g/mol. The van der Waals surface area contributed by atoms with Gasteiger partial charge in [-0.1, -0.05) is 18.2 Å². The number of furan rings is 1. The number of fused-ring (bicyclic) bond motifs is 1. The van der Waals surface area contributed by atoms with Crippen LogP contribution in [0, 0.1) is 11.3 Å². The first-order chi connectivity index (χ1) is 10.8. The second-order valence-corrected chi connectivity index (χ2v) is 5.53. The molecule has 0 aliphatic carbocycles. The highest BCUT2D eigenvalue weighted by atomic mass is 32.1. The Morgan fingerprint density at radius 2 is 2.18 bits per heavy atom. The lowest BCUT2D eigenvalue weighted by atomic mass is 10.1. The molecule has 0 saturated heterocycles. The molecule has 1 amide bonds. The maximum absolute atomic E-state index is 12.1. The lowest BCUT2D eigenvalue weighted by molar-refractivity contribution is -0.117. The number of carbonyl (C=O) groups is 1. The van der Waals surface area contributed by atoms with E-state index in [1.165, 1.54) is 0 Å². The van der Waals surface area contributed by atoms with Crippen LogP contribution in [0.4, 0.5) is 0 Å². The van der Waals surface area contributed by atoms with Gasteiger partial charge in [0.15, 0.2) is 0 Å². The molecule has 0 spiro atoms. The van der Waals surface area contributed by atoms with Crippen LogP contribution < -0.4 is 5.32 Å². The van der Waals surface area contributed by atoms with Gasteiger partial charge in [0.1, 0.15) is 17.4 Å². The molecule has 0 saturated carbocycles. The molecule has 0 aliphatic heterocycles. The highest BCUT2D eigenvalue weighted by molar-refractivity contribution is 7.17. The van der Waals surface area contributed by atoms with Crippen molar-refractivity contribution in [2.75, 3.05) is 0 Å². The number of carbonyl (C=O) groups excluding carboxylic acids is 1. The number of rotatable bonds is 4. The lowest BCUT2D eigenvalue weighted by Crippen LogP contribution is -2.23. The zero-order valence-corrected chi connectivity index (χ0v) is 12.4. The van der Waals surface area contributed by atoms with Crippen molar-refractivity contribution in [3.05, 3.63) is 64.9 Å². The molecule has 5 heteroatoms. The van der Waals surface area contributed by atoms with Crippen LogP contribution in [0.2, 0.25) is 0 Å². The molecule has 22 heavy (non-hydrogen) atoms. The highest BCUT2D eigenvalue weighted by Crippen LogP contribution is 2.27. The molecular formula is C17H12N2O2S. The fraction of sp³-hybridized carbons (Fsp3) is 0.0588. The van der Waals surface area contributed by atoms with Gasteiger partial charge in [-0.25, -0.2) is 0 Å². The molecule has 1 N–H and O–H groups in total. The van der Waals surface area contributed by atoms with E-state index in [-0.39, 0.29) is 12.1 Å². The number of thiophene rings is 1. The molecule has 0 unspecified atom stereocenters. The summed E-state index contributed by atoms with van der Waals surface area (Å²) in [6.07, 6.45) is 3.16. The smallest absolute Gasteiger partial charge is 0.262 e. The molecule has 108 valence electrons. The van der Waals surface area contributed by atoms with Crippen LogP contribution in [0.1, 0.15) is 11.3 Å². The van der Waals surface area contributed by atoms with Gasteiger partial charge in [-0.15, -0.1) is 11.3 Å². The van der Waals surface area contributed by atoms with Gasteiger partial charge in [-0.3, -0.25) is 4.79 Å². The quantitative estimate of drug-likeness (QED) is 0.590. The van der Waals surface area contributed by atoms with Crippen molar-refractivity contribution < 1.29 is 9.21 Å². The summed E-state index contributed by atoms with van der Waals surface area (Å²) >= 11 is 1.59. The van der Waals surface area contributed by atoms with E-state index < -0.39 is 5.91 Å². The molecule has 2 aromatic heterocycles. The van der Waals surface area contributed by atoms with Crippen molar-refractivity contribution in [3.63, 3.8) is 0 Å². The molecule has 0 radical (unpaired) electrons. The fourth-order valence-corrected chi connectivity index (χ4v) is 3.01. The Bertz CT molecular complexity index is 870. The van der Waals surface area contributed by atoms with E-state index in [0.717, 1.165) is 15.6 Å². The summed E-state index contributed by atoms with van der Waals surface area (Å²) in [7, 11) is 0. The van der Waals surface area contributed by atoms with E-state index in [4.69, 9.17) is 4.42 Å². The van der Waals surface area contributed by atoms with Crippen LogP contribution in [-0.2, 0) is 11.3 Å². The first kappa shape index (κ1) is 14.1. The van der Waals surface area contributed by atoms with Crippen molar-refractivity contribution in [3.8, 4) is 6.07 Å². The Balaban J connectivity index is 1.81. The van der Waals surface area contributed by atoms with Crippen molar-refractivity contribution in [1.29, 1.82) is 5.26 Å². The summed E-state index contributed by atoms with van der Waals surface area (Å²) in [4.78, 5) is 12.1. The minimum atomic E-state index is -0.408. The number of amides is 1. The average Bonchev–Trinajstić information content (AvgIpc) is 3.20. The van der Waals surface area contributed by atoms with Gasteiger partial charge in [0.05, 0.1) is 12.8 Å². The zero-order valence-electron chi connectivity index (χ0n) is 11.6. The van der Waals surface area contributed by atoms with E-state index in [1.54, 1.807) is 35.8 Å². The molecule has 4 nitrogen and oxygen atoms in total. The molecule has 0 aliphatic rings. The van der Waals surface area contributed by atoms with Gasteiger partial charge in [-0.05, 0) is 40.6 Å². The van der Waals surface area contributed by atoms with Crippen LogP contribution >= 0.6 is 11.3 Å². The number of hydrogen-bond acceptors (Lipinski definition) is 4.